The highest BCUT2D eigenvalue weighted by molar-refractivity contribution is 5.39. The molecule has 2 nitrogen and oxygen atoms in total. The molecular formula is C15H19NO. The molecule has 0 atom stereocenters. The minimum atomic E-state index is 0.832. The van der Waals surface area contributed by atoms with Gasteiger partial charge in [0.05, 0.1) is 6.61 Å². The molecule has 90 valence electrons. The lowest BCUT2D eigenvalue weighted by atomic mass is 10.1. The Kier molecular flexibility index (Phi) is 4.46. The third kappa shape index (κ3) is 3.51. The minimum absolute atomic E-state index is 0.832. The first-order chi connectivity index (χ1) is 8.40. The molecule has 0 saturated carbocycles. The Morgan fingerprint density at radius 2 is 2.29 bits per heavy atom. The van der Waals surface area contributed by atoms with Crippen LogP contribution in [0.15, 0.2) is 18.2 Å². The molecule has 1 aromatic carbocycles. The average Bonchev–Trinajstić information content (AvgIpc) is 2.81. The van der Waals surface area contributed by atoms with Gasteiger partial charge in [-0.05, 0) is 36.6 Å². The van der Waals surface area contributed by atoms with Crippen molar-refractivity contribution in [3.8, 4) is 18.1 Å². The van der Waals surface area contributed by atoms with Crippen LogP contribution in [0.25, 0.3) is 0 Å². The monoisotopic (exact) mass is 229 g/mol. The van der Waals surface area contributed by atoms with E-state index in [1.165, 1.54) is 11.1 Å². The number of hydrogen-bond acceptors (Lipinski definition) is 2. The molecule has 1 aliphatic heterocycles. The van der Waals surface area contributed by atoms with Crippen molar-refractivity contribution in [3.05, 3.63) is 29.3 Å². The predicted molar refractivity (Wildman–Crippen MR) is 70.0 cm³/mol. The molecule has 0 aromatic heterocycles. The van der Waals surface area contributed by atoms with Crippen molar-refractivity contribution in [3.63, 3.8) is 0 Å². The fraction of sp³-hybridized carbons (Fsp3) is 0.467. The summed E-state index contributed by atoms with van der Waals surface area (Å²) in [6.07, 6.45) is 9.40. The van der Waals surface area contributed by atoms with Crippen LogP contribution in [0, 0.1) is 12.3 Å². The zero-order valence-corrected chi connectivity index (χ0v) is 10.2. The van der Waals surface area contributed by atoms with E-state index in [4.69, 9.17) is 11.2 Å². The van der Waals surface area contributed by atoms with Crippen LogP contribution in [0.3, 0.4) is 0 Å². The van der Waals surface area contributed by atoms with Gasteiger partial charge in [-0.15, -0.1) is 12.3 Å². The van der Waals surface area contributed by atoms with Gasteiger partial charge >= 0.3 is 0 Å². The quantitative estimate of drug-likeness (QED) is 0.598. The second-order valence-corrected chi connectivity index (χ2v) is 4.38. The number of rotatable bonds is 6. The lowest BCUT2D eigenvalue weighted by Crippen LogP contribution is -2.14. The molecule has 0 saturated heterocycles. The largest absolute Gasteiger partial charge is 0.493 e. The van der Waals surface area contributed by atoms with Gasteiger partial charge in [-0.25, -0.2) is 0 Å². The third-order valence-electron chi connectivity index (χ3n) is 3.01. The van der Waals surface area contributed by atoms with Crippen molar-refractivity contribution in [1.82, 2.24) is 5.32 Å². The van der Waals surface area contributed by atoms with Crippen molar-refractivity contribution in [2.45, 2.75) is 32.2 Å². The summed E-state index contributed by atoms with van der Waals surface area (Å²) < 4.78 is 5.48. The van der Waals surface area contributed by atoms with Crippen molar-refractivity contribution in [2.24, 2.45) is 0 Å². The van der Waals surface area contributed by atoms with E-state index in [1.54, 1.807) is 0 Å². The maximum atomic E-state index is 5.48. The number of ether oxygens (including phenoxy) is 1. The molecule has 2 heteroatoms. The van der Waals surface area contributed by atoms with E-state index in [9.17, 15) is 0 Å². The number of hydrogen-bond donors (Lipinski definition) is 1. The zero-order chi connectivity index (χ0) is 11.9. The minimum Gasteiger partial charge on any atom is -0.493 e. The van der Waals surface area contributed by atoms with Gasteiger partial charge in [0.1, 0.15) is 5.75 Å². The Hall–Kier alpha value is -1.46. The molecule has 1 aliphatic rings. The maximum absolute atomic E-state index is 5.48. The van der Waals surface area contributed by atoms with Gasteiger partial charge in [-0.3, -0.25) is 0 Å². The second kappa shape index (κ2) is 6.32. The van der Waals surface area contributed by atoms with E-state index in [0.29, 0.717) is 0 Å². The normalized spacial score (nSPS) is 12.9. The topological polar surface area (TPSA) is 21.3 Å². The molecule has 1 aromatic rings. The molecule has 0 amide bonds. The highest BCUT2D eigenvalue weighted by atomic mass is 16.5. The summed E-state index contributed by atoms with van der Waals surface area (Å²) in [5, 5.41) is 3.44. The lowest BCUT2D eigenvalue weighted by Gasteiger charge is -2.06. The third-order valence-corrected chi connectivity index (χ3v) is 3.01. The van der Waals surface area contributed by atoms with Crippen LogP contribution < -0.4 is 10.1 Å². The maximum Gasteiger partial charge on any atom is 0.122 e. The van der Waals surface area contributed by atoms with E-state index in [0.717, 1.165) is 51.1 Å². The first kappa shape index (κ1) is 12.0. The van der Waals surface area contributed by atoms with Crippen molar-refractivity contribution < 1.29 is 4.74 Å². The highest BCUT2D eigenvalue weighted by Gasteiger charge is 2.11. The SMILES string of the molecule is C#CCCCCNCc1ccc2c(c1)CCO2. The second-order valence-electron chi connectivity index (χ2n) is 4.38. The molecule has 0 bridgehead atoms. The highest BCUT2D eigenvalue weighted by Crippen LogP contribution is 2.25. The average molecular weight is 229 g/mol. The molecule has 0 radical (unpaired) electrons. The van der Waals surface area contributed by atoms with Crippen LogP contribution in [0.4, 0.5) is 0 Å². The summed E-state index contributed by atoms with van der Waals surface area (Å²) in [6.45, 7) is 2.80. The molecule has 1 N–H and O–H groups in total. The van der Waals surface area contributed by atoms with Gasteiger partial charge < -0.3 is 10.1 Å². The molecule has 0 spiro atoms. The fourth-order valence-electron chi connectivity index (χ4n) is 2.06. The molecule has 2 rings (SSSR count). The summed E-state index contributed by atoms with van der Waals surface area (Å²) in [5.74, 6) is 3.72. The number of nitrogens with one attached hydrogen (secondary N) is 1. The van der Waals surface area contributed by atoms with Gasteiger partial charge in [-0.1, -0.05) is 12.1 Å². The Labute approximate surface area is 103 Å². The van der Waals surface area contributed by atoms with E-state index < -0.39 is 0 Å². The van der Waals surface area contributed by atoms with Crippen LogP contribution in [0.1, 0.15) is 30.4 Å². The van der Waals surface area contributed by atoms with Gasteiger partial charge in [0.25, 0.3) is 0 Å². The van der Waals surface area contributed by atoms with E-state index >= 15 is 0 Å². The lowest BCUT2D eigenvalue weighted by molar-refractivity contribution is 0.357. The Morgan fingerprint density at radius 3 is 3.18 bits per heavy atom. The Bertz CT molecular complexity index is 406. The summed E-state index contributed by atoms with van der Waals surface area (Å²) in [5.41, 5.74) is 2.68. The summed E-state index contributed by atoms with van der Waals surface area (Å²) in [6, 6.07) is 6.47. The Balaban J connectivity index is 1.71. The summed E-state index contributed by atoms with van der Waals surface area (Å²) >= 11 is 0. The first-order valence-corrected chi connectivity index (χ1v) is 6.29. The van der Waals surface area contributed by atoms with Crippen LogP contribution in [0.2, 0.25) is 0 Å². The number of terminal acetylenes is 1. The predicted octanol–water partition coefficient (Wildman–Crippen LogP) is 2.51. The van der Waals surface area contributed by atoms with E-state index in [2.05, 4.69) is 29.4 Å². The molecular weight excluding hydrogens is 210 g/mol. The van der Waals surface area contributed by atoms with E-state index in [1.807, 2.05) is 0 Å². The molecule has 0 fully saturated rings. The smallest absolute Gasteiger partial charge is 0.122 e. The van der Waals surface area contributed by atoms with Gasteiger partial charge in [0.15, 0.2) is 0 Å². The standard InChI is InChI=1S/C15H19NO/c1-2-3-4-5-9-16-12-13-6-7-15-14(11-13)8-10-17-15/h1,6-7,11,16H,3-5,8-10,12H2. The number of fused-ring (bicyclic) bond motifs is 1. The summed E-state index contributed by atoms with van der Waals surface area (Å²) in [7, 11) is 0. The molecule has 0 aliphatic carbocycles. The first-order valence-electron chi connectivity index (χ1n) is 6.29. The van der Waals surface area contributed by atoms with Crippen LogP contribution in [-0.4, -0.2) is 13.2 Å². The number of unbranched alkanes of at least 4 members (excludes halogenated alkanes) is 2. The fourth-order valence-corrected chi connectivity index (χ4v) is 2.06. The van der Waals surface area contributed by atoms with Gasteiger partial charge in [0.2, 0.25) is 0 Å². The molecule has 1 heterocycles. The molecule has 0 unspecified atom stereocenters. The van der Waals surface area contributed by atoms with Crippen LogP contribution in [-0.2, 0) is 13.0 Å². The molecule has 17 heavy (non-hydrogen) atoms. The van der Waals surface area contributed by atoms with Gasteiger partial charge in [0, 0.05) is 19.4 Å². The van der Waals surface area contributed by atoms with Crippen LogP contribution >= 0.6 is 0 Å². The van der Waals surface area contributed by atoms with Crippen LogP contribution in [0.5, 0.6) is 5.75 Å². The van der Waals surface area contributed by atoms with E-state index in [-0.39, 0.29) is 0 Å². The summed E-state index contributed by atoms with van der Waals surface area (Å²) in [4.78, 5) is 0. The Morgan fingerprint density at radius 1 is 1.35 bits per heavy atom. The van der Waals surface area contributed by atoms with Crippen molar-refractivity contribution in [2.75, 3.05) is 13.2 Å². The van der Waals surface area contributed by atoms with Crippen molar-refractivity contribution in [1.29, 1.82) is 0 Å². The number of benzene rings is 1. The van der Waals surface area contributed by atoms with Gasteiger partial charge in [-0.2, -0.15) is 0 Å². The van der Waals surface area contributed by atoms with Crippen molar-refractivity contribution >= 4 is 0 Å². The zero-order valence-electron chi connectivity index (χ0n) is 10.2.